The van der Waals surface area contributed by atoms with Crippen molar-refractivity contribution in [3.8, 4) is 0 Å². The first-order chi connectivity index (χ1) is 19.9. The zero-order valence-electron chi connectivity index (χ0n) is 24.5. The molecule has 5 N–H and O–H groups in total. The summed E-state index contributed by atoms with van der Waals surface area (Å²) in [6.45, 7) is 7.28. The number of methoxy groups -OCH3 is 1. The number of nitrogens with zero attached hydrogens (tertiary/aromatic N) is 1. The number of ether oxygens (including phenoxy) is 1. The number of hydrogen-bond acceptors (Lipinski definition) is 8. The van der Waals surface area contributed by atoms with Gasteiger partial charge >= 0.3 is 6.09 Å². The Morgan fingerprint density at radius 3 is 2.31 bits per heavy atom. The normalized spacial score (nSPS) is 18.7. The van der Waals surface area contributed by atoms with Crippen LogP contribution in [0, 0.1) is 6.92 Å². The summed E-state index contributed by atoms with van der Waals surface area (Å²) in [7, 11) is 1.12. The lowest BCUT2D eigenvalue weighted by molar-refractivity contribution is -0.148. The highest BCUT2D eigenvalue weighted by atomic mass is 32.2. The van der Waals surface area contributed by atoms with Crippen LogP contribution in [0.5, 0.6) is 0 Å². The lowest BCUT2D eigenvalue weighted by atomic mass is 9.96. The van der Waals surface area contributed by atoms with Crippen molar-refractivity contribution < 1.29 is 34.1 Å². The van der Waals surface area contributed by atoms with Crippen LogP contribution in [0.4, 0.5) is 4.79 Å². The zero-order chi connectivity index (χ0) is 31.0. The van der Waals surface area contributed by atoms with E-state index in [9.17, 15) is 29.4 Å². The van der Waals surface area contributed by atoms with Gasteiger partial charge in [-0.05, 0) is 50.8 Å². The summed E-state index contributed by atoms with van der Waals surface area (Å²) in [5.74, 6) is -1.72. The molecule has 2 aromatic rings. The minimum atomic E-state index is -1.73. The molecule has 1 aliphatic heterocycles. The Labute approximate surface area is 250 Å². The van der Waals surface area contributed by atoms with E-state index in [2.05, 4.69) is 20.7 Å². The maximum Gasteiger partial charge on any atom is 0.407 e. The molecule has 1 heterocycles. The summed E-state index contributed by atoms with van der Waals surface area (Å²) in [5.41, 5.74) is 2.71. The van der Waals surface area contributed by atoms with Crippen LogP contribution in [0.3, 0.4) is 0 Å². The number of aliphatic hydroxyl groups is 2. The van der Waals surface area contributed by atoms with Gasteiger partial charge in [0.15, 0.2) is 6.10 Å². The zero-order valence-corrected chi connectivity index (χ0v) is 25.3. The Hall–Kier alpha value is -3.61. The molecule has 42 heavy (non-hydrogen) atoms. The number of hydrogen-bond donors (Lipinski definition) is 5. The van der Waals surface area contributed by atoms with Gasteiger partial charge in [0.1, 0.15) is 12.1 Å². The SMILES string of the molecule is COC(=O)N[C@H](C(=O)N[C@@H](Cc1ccccc1)[C@H](O)C(=O)N1CSC(C)(C)[C@H]1C(=O)NCc1ccccc1C)C(C)O. The fraction of sp³-hybridized carbons (Fsp3) is 0.467. The van der Waals surface area contributed by atoms with E-state index >= 15 is 0 Å². The van der Waals surface area contributed by atoms with Gasteiger partial charge in [-0.1, -0.05) is 54.6 Å². The monoisotopic (exact) mass is 600 g/mol. The highest BCUT2D eigenvalue weighted by Gasteiger charge is 2.50. The maximum atomic E-state index is 13.8. The number of aliphatic hydroxyl groups excluding tert-OH is 2. The molecule has 1 saturated heterocycles. The number of rotatable bonds is 11. The molecule has 0 bridgehead atoms. The summed E-state index contributed by atoms with van der Waals surface area (Å²) >= 11 is 1.41. The van der Waals surface area contributed by atoms with Gasteiger partial charge < -0.3 is 35.8 Å². The highest BCUT2D eigenvalue weighted by Crippen LogP contribution is 2.40. The Morgan fingerprint density at radius 1 is 1.05 bits per heavy atom. The summed E-state index contributed by atoms with van der Waals surface area (Å²) in [6.07, 6.45) is -3.89. The summed E-state index contributed by atoms with van der Waals surface area (Å²) in [5, 5.41) is 29.4. The van der Waals surface area contributed by atoms with Crippen molar-refractivity contribution in [2.24, 2.45) is 0 Å². The van der Waals surface area contributed by atoms with E-state index in [0.29, 0.717) is 0 Å². The number of benzene rings is 2. The van der Waals surface area contributed by atoms with Gasteiger partial charge in [-0.25, -0.2) is 4.79 Å². The molecule has 1 fully saturated rings. The Balaban J connectivity index is 1.83. The third kappa shape index (κ3) is 8.24. The molecular weight excluding hydrogens is 560 g/mol. The molecule has 0 aromatic heterocycles. The highest BCUT2D eigenvalue weighted by molar-refractivity contribution is 8.00. The summed E-state index contributed by atoms with van der Waals surface area (Å²) in [4.78, 5) is 53.6. The van der Waals surface area contributed by atoms with Crippen molar-refractivity contribution in [3.05, 3.63) is 71.3 Å². The van der Waals surface area contributed by atoms with Crippen LogP contribution >= 0.6 is 11.8 Å². The molecule has 0 spiro atoms. The minimum Gasteiger partial charge on any atom is -0.453 e. The molecule has 3 rings (SSSR count). The van der Waals surface area contributed by atoms with Crippen LogP contribution in [0.2, 0.25) is 0 Å². The van der Waals surface area contributed by atoms with Crippen LogP contribution in [-0.4, -0.2) is 87.0 Å². The topological polar surface area (TPSA) is 157 Å². The molecule has 1 aliphatic rings. The van der Waals surface area contributed by atoms with Gasteiger partial charge in [0.25, 0.3) is 5.91 Å². The van der Waals surface area contributed by atoms with Crippen molar-refractivity contribution >= 4 is 35.6 Å². The number of nitrogens with one attached hydrogen (secondary N) is 3. The number of carbonyl (C=O) groups is 4. The van der Waals surface area contributed by atoms with Crippen molar-refractivity contribution in [3.63, 3.8) is 0 Å². The fourth-order valence-corrected chi connectivity index (χ4v) is 5.96. The molecular formula is C30H40N4O7S. The Bertz CT molecular complexity index is 1260. The second kappa shape index (κ2) is 14.5. The summed E-state index contributed by atoms with van der Waals surface area (Å²) < 4.78 is 3.90. The number of aryl methyl sites for hydroxylation is 1. The van der Waals surface area contributed by atoms with Gasteiger partial charge in [-0.15, -0.1) is 11.8 Å². The lowest BCUT2D eigenvalue weighted by Crippen LogP contribution is -2.61. The third-order valence-corrected chi connectivity index (χ3v) is 8.65. The lowest BCUT2D eigenvalue weighted by Gasteiger charge is -2.34. The van der Waals surface area contributed by atoms with Gasteiger partial charge in [-0.3, -0.25) is 14.4 Å². The molecule has 228 valence electrons. The van der Waals surface area contributed by atoms with Gasteiger partial charge in [0, 0.05) is 11.3 Å². The average Bonchev–Trinajstić information content (AvgIpc) is 3.28. The van der Waals surface area contributed by atoms with E-state index in [1.165, 1.54) is 23.6 Å². The molecule has 11 nitrogen and oxygen atoms in total. The predicted molar refractivity (Wildman–Crippen MR) is 159 cm³/mol. The van der Waals surface area contributed by atoms with Crippen molar-refractivity contribution in [1.82, 2.24) is 20.9 Å². The number of amides is 4. The second-order valence-electron chi connectivity index (χ2n) is 10.8. The molecule has 4 amide bonds. The van der Waals surface area contributed by atoms with Crippen LogP contribution in [-0.2, 0) is 32.1 Å². The number of carbonyl (C=O) groups excluding carboxylic acids is 4. The van der Waals surface area contributed by atoms with E-state index in [1.54, 1.807) is 24.3 Å². The quantitative estimate of drug-likeness (QED) is 0.260. The molecule has 0 saturated carbocycles. The molecule has 2 aromatic carbocycles. The predicted octanol–water partition coefficient (Wildman–Crippen LogP) is 1.49. The molecule has 0 aliphatic carbocycles. The van der Waals surface area contributed by atoms with Crippen molar-refractivity contribution in [2.45, 2.75) is 75.7 Å². The van der Waals surface area contributed by atoms with Crippen LogP contribution in [0.25, 0.3) is 0 Å². The van der Waals surface area contributed by atoms with Crippen LogP contribution in [0.15, 0.2) is 54.6 Å². The first kappa shape index (κ1) is 32.9. The van der Waals surface area contributed by atoms with E-state index < -0.39 is 53.0 Å². The fourth-order valence-electron chi connectivity index (χ4n) is 4.82. The van der Waals surface area contributed by atoms with E-state index in [-0.39, 0.29) is 24.7 Å². The van der Waals surface area contributed by atoms with E-state index in [4.69, 9.17) is 0 Å². The van der Waals surface area contributed by atoms with Gasteiger partial charge in [0.05, 0.1) is 25.1 Å². The molecule has 12 heteroatoms. The average molecular weight is 601 g/mol. The first-order valence-corrected chi connectivity index (χ1v) is 14.7. The Morgan fingerprint density at radius 2 is 1.69 bits per heavy atom. The smallest absolute Gasteiger partial charge is 0.407 e. The third-order valence-electron chi connectivity index (χ3n) is 7.28. The van der Waals surface area contributed by atoms with Gasteiger partial charge in [-0.2, -0.15) is 0 Å². The van der Waals surface area contributed by atoms with Crippen molar-refractivity contribution in [1.29, 1.82) is 0 Å². The molecule has 5 atom stereocenters. The van der Waals surface area contributed by atoms with Crippen molar-refractivity contribution in [2.75, 3.05) is 13.0 Å². The molecule has 1 unspecified atom stereocenters. The summed E-state index contributed by atoms with van der Waals surface area (Å²) in [6, 6.07) is 13.2. The Kier molecular flexibility index (Phi) is 11.4. The minimum absolute atomic E-state index is 0.0682. The van der Waals surface area contributed by atoms with Crippen LogP contribution in [0.1, 0.15) is 37.5 Å². The van der Waals surface area contributed by atoms with E-state index in [1.807, 2.05) is 51.1 Å². The van der Waals surface area contributed by atoms with E-state index in [0.717, 1.165) is 23.8 Å². The first-order valence-electron chi connectivity index (χ1n) is 13.7. The second-order valence-corrected chi connectivity index (χ2v) is 12.4. The maximum absolute atomic E-state index is 13.8. The van der Waals surface area contributed by atoms with Gasteiger partial charge in [0.2, 0.25) is 11.8 Å². The molecule has 0 radical (unpaired) electrons. The van der Waals surface area contributed by atoms with Crippen LogP contribution < -0.4 is 16.0 Å². The number of thioether (sulfide) groups is 1. The number of alkyl carbamates (subject to hydrolysis) is 1. The largest absolute Gasteiger partial charge is 0.453 e. The standard InChI is InChI=1S/C30H40N4O7S/c1-18-11-9-10-14-21(18)16-31-27(38)25-30(3,4)42-17-34(25)28(39)24(36)22(15-20-12-7-6-8-13-20)32-26(37)23(19(2)35)33-29(40)41-5/h6-14,19,22-25,35-36H,15-17H2,1-5H3,(H,31,38)(H,32,37)(H,33,40)/t19?,22-,23-,24-,25+/m0/s1.